The Bertz CT molecular complexity index is 1490. The first-order valence-corrected chi connectivity index (χ1v) is 13.1. The average Bonchev–Trinajstić information content (AvgIpc) is 2.90. The molecular formula is C29H31ClFN5O3. The van der Waals surface area contributed by atoms with Crippen molar-refractivity contribution in [2.45, 2.75) is 33.7 Å². The number of para-hydroxylation sites is 1. The molecule has 39 heavy (non-hydrogen) atoms. The number of aromatic nitrogens is 2. The normalized spacial score (nSPS) is 15.9. The van der Waals surface area contributed by atoms with E-state index in [0.29, 0.717) is 36.7 Å². The van der Waals surface area contributed by atoms with Crippen LogP contribution < -0.4 is 10.6 Å². The summed E-state index contributed by atoms with van der Waals surface area (Å²) in [5.74, 6) is -0.703. The number of amides is 1. The molecule has 1 aliphatic heterocycles. The van der Waals surface area contributed by atoms with Gasteiger partial charge in [-0.2, -0.15) is 4.98 Å². The summed E-state index contributed by atoms with van der Waals surface area (Å²) < 4.78 is 16.3. The van der Waals surface area contributed by atoms with Gasteiger partial charge in [0.05, 0.1) is 22.8 Å². The van der Waals surface area contributed by atoms with E-state index in [2.05, 4.69) is 11.6 Å². The first-order chi connectivity index (χ1) is 18.6. The van der Waals surface area contributed by atoms with Crippen molar-refractivity contribution in [3.8, 4) is 11.4 Å². The van der Waals surface area contributed by atoms with Gasteiger partial charge in [-0.1, -0.05) is 30.8 Å². The molecule has 8 nitrogen and oxygen atoms in total. The van der Waals surface area contributed by atoms with Crippen molar-refractivity contribution in [2.24, 2.45) is 4.99 Å². The Kier molecular flexibility index (Phi) is 8.20. The standard InChI is InChI=1S/C29H31ClFN5O3/c1-6-24(38)34-13-14-35(19(4)16-34)27-20(5)28(32-22(15-30)25-21(31)11-8-12-23(25)37)36(29(39)33-27)26-17(2)9-7-10-18(26)3/h6-12,19,37H,1,13-16H2,2-5H3. The van der Waals surface area contributed by atoms with Gasteiger partial charge in [-0.3, -0.25) is 4.79 Å². The van der Waals surface area contributed by atoms with Crippen molar-refractivity contribution in [3.05, 3.63) is 87.6 Å². The quantitative estimate of drug-likeness (QED) is 0.275. The van der Waals surface area contributed by atoms with Crippen molar-refractivity contribution in [1.29, 1.82) is 0 Å². The Morgan fingerprint density at radius 2 is 1.87 bits per heavy atom. The van der Waals surface area contributed by atoms with Gasteiger partial charge < -0.3 is 14.9 Å². The van der Waals surface area contributed by atoms with Crippen molar-refractivity contribution in [3.63, 3.8) is 0 Å². The smallest absolute Gasteiger partial charge is 0.355 e. The number of alkyl halides is 1. The highest BCUT2D eigenvalue weighted by Crippen LogP contribution is 2.33. The number of nitrogens with zero attached hydrogens (tertiary/aromatic N) is 5. The fourth-order valence-electron chi connectivity index (χ4n) is 5.04. The molecule has 1 amide bonds. The predicted octanol–water partition coefficient (Wildman–Crippen LogP) is 4.59. The predicted molar refractivity (Wildman–Crippen MR) is 153 cm³/mol. The van der Waals surface area contributed by atoms with Gasteiger partial charge >= 0.3 is 5.69 Å². The van der Waals surface area contributed by atoms with E-state index < -0.39 is 11.5 Å². The van der Waals surface area contributed by atoms with Gasteiger partial charge in [0.15, 0.2) is 0 Å². The molecule has 0 bridgehead atoms. The molecule has 0 aliphatic carbocycles. The Hall–Kier alpha value is -3.98. The van der Waals surface area contributed by atoms with Crippen LogP contribution in [0.5, 0.6) is 5.75 Å². The fourth-order valence-corrected chi connectivity index (χ4v) is 5.23. The number of aliphatic imine (C=N–C) groups is 1. The van der Waals surface area contributed by atoms with Crippen LogP contribution in [0.1, 0.15) is 29.2 Å². The maximum atomic E-state index is 14.8. The molecule has 0 spiro atoms. The molecule has 2 aromatic carbocycles. The number of rotatable bonds is 6. The molecule has 4 rings (SSSR count). The van der Waals surface area contributed by atoms with Gasteiger partial charge in [-0.05, 0) is 57.0 Å². The second kappa shape index (κ2) is 11.4. The highest BCUT2D eigenvalue weighted by atomic mass is 35.5. The van der Waals surface area contributed by atoms with Crippen LogP contribution in [0, 0.1) is 26.6 Å². The van der Waals surface area contributed by atoms with Crippen LogP contribution >= 0.6 is 11.6 Å². The zero-order chi connectivity index (χ0) is 28.4. The van der Waals surface area contributed by atoms with Gasteiger partial charge in [-0.15, -0.1) is 11.6 Å². The van der Waals surface area contributed by atoms with Crippen molar-refractivity contribution >= 4 is 34.9 Å². The van der Waals surface area contributed by atoms with Crippen LogP contribution in [0.4, 0.5) is 16.0 Å². The summed E-state index contributed by atoms with van der Waals surface area (Å²) in [4.78, 5) is 38.8. The number of carbonyl (C=O) groups excluding carboxylic acids is 1. The monoisotopic (exact) mass is 551 g/mol. The molecule has 1 aromatic heterocycles. The number of anilines is 1. The lowest BCUT2D eigenvalue weighted by Gasteiger charge is -2.40. The topological polar surface area (TPSA) is 91.0 Å². The number of benzene rings is 2. The molecule has 10 heteroatoms. The average molecular weight is 552 g/mol. The van der Waals surface area contributed by atoms with E-state index >= 15 is 0 Å². The molecular weight excluding hydrogens is 521 g/mol. The number of phenols is 1. The van der Waals surface area contributed by atoms with Crippen LogP contribution in [0.3, 0.4) is 0 Å². The van der Waals surface area contributed by atoms with Crippen molar-refractivity contribution in [1.82, 2.24) is 14.5 Å². The van der Waals surface area contributed by atoms with E-state index in [-0.39, 0.29) is 40.7 Å². The number of aryl methyl sites for hydroxylation is 2. The fraction of sp³-hybridized carbons (Fsp3) is 0.310. The summed E-state index contributed by atoms with van der Waals surface area (Å²) in [5, 5.41) is 10.4. The first-order valence-electron chi connectivity index (χ1n) is 12.6. The van der Waals surface area contributed by atoms with Gasteiger partial charge in [0.1, 0.15) is 23.2 Å². The number of carbonyl (C=O) groups is 1. The molecule has 1 fully saturated rings. The van der Waals surface area contributed by atoms with Crippen LogP contribution in [0.25, 0.3) is 5.69 Å². The van der Waals surface area contributed by atoms with E-state index in [0.717, 1.165) is 11.1 Å². The van der Waals surface area contributed by atoms with E-state index in [9.17, 15) is 19.1 Å². The molecule has 2 heterocycles. The van der Waals surface area contributed by atoms with Gasteiger partial charge in [0.25, 0.3) is 0 Å². The molecule has 1 N–H and O–H groups in total. The number of phenolic OH excluding ortho intramolecular Hbond substituents is 1. The molecule has 0 radical (unpaired) electrons. The lowest BCUT2D eigenvalue weighted by atomic mass is 10.1. The van der Waals surface area contributed by atoms with Gasteiger partial charge in [0.2, 0.25) is 5.91 Å². The van der Waals surface area contributed by atoms with Crippen LogP contribution in [0.2, 0.25) is 0 Å². The van der Waals surface area contributed by atoms with E-state index in [1.807, 2.05) is 43.9 Å². The van der Waals surface area contributed by atoms with Gasteiger partial charge in [-0.25, -0.2) is 18.7 Å². The largest absolute Gasteiger partial charge is 0.507 e. The van der Waals surface area contributed by atoms with Crippen molar-refractivity contribution in [2.75, 3.05) is 30.4 Å². The Morgan fingerprint density at radius 3 is 2.46 bits per heavy atom. The summed E-state index contributed by atoms with van der Waals surface area (Å²) in [6.07, 6.45) is 1.29. The van der Waals surface area contributed by atoms with Crippen LogP contribution in [-0.4, -0.2) is 62.7 Å². The van der Waals surface area contributed by atoms with Crippen LogP contribution in [-0.2, 0) is 4.79 Å². The zero-order valence-electron chi connectivity index (χ0n) is 22.4. The summed E-state index contributed by atoms with van der Waals surface area (Å²) in [7, 11) is 0. The third kappa shape index (κ3) is 5.31. The molecule has 1 atom stereocenters. The van der Waals surface area contributed by atoms with E-state index in [1.165, 1.54) is 28.8 Å². The Morgan fingerprint density at radius 1 is 1.21 bits per heavy atom. The van der Waals surface area contributed by atoms with Gasteiger partial charge in [0, 0.05) is 31.2 Å². The highest BCUT2D eigenvalue weighted by Gasteiger charge is 2.30. The summed E-state index contributed by atoms with van der Waals surface area (Å²) in [6.45, 7) is 12.4. The minimum atomic E-state index is -0.682. The van der Waals surface area contributed by atoms with E-state index in [4.69, 9.17) is 16.6 Å². The molecule has 1 saturated heterocycles. The van der Waals surface area contributed by atoms with Crippen LogP contribution in [0.15, 0.2) is 58.8 Å². The molecule has 0 saturated carbocycles. The Balaban J connectivity index is 1.98. The number of halogens is 2. The third-order valence-corrected chi connectivity index (χ3v) is 7.23. The minimum absolute atomic E-state index is 0.0707. The third-order valence-electron chi connectivity index (χ3n) is 6.97. The molecule has 1 aliphatic rings. The summed E-state index contributed by atoms with van der Waals surface area (Å²) in [5.41, 5.74) is 2.23. The molecule has 204 valence electrons. The number of hydrogen-bond acceptors (Lipinski definition) is 6. The minimum Gasteiger partial charge on any atom is -0.507 e. The lowest BCUT2D eigenvalue weighted by molar-refractivity contribution is -0.126. The second-order valence-electron chi connectivity index (χ2n) is 9.60. The number of hydrogen-bond donors (Lipinski definition) is 1. The van der Waals surface area contributed by atoms with Crippen molar-refractivity contribution < 1.29 is 14.3 Å². The summed E-state index contributed by atoms with van der Waals surface area (Å²) in [6, 6.07) is 9.47. The number of aromatic hydroxyl groups is 1. The second-order valence-corrected chi connectivity index (χ2v) is 9.87. The molecule has 1 unspecified atom stereocenters. The maximum absolute atomic E-state index is 14.8. The number of piperazine rings is 1. The van der Waals surface area contributed by atoms with E-state index in [1.54, 1.807) is 11.8 Å². The zero-order valence-corrected chi connectivity index (χ0v) is 23.2. The molecule has 3 aromatic rings. The summed E-state index contributed by atoms with van der Waals surface area (Å²) >= 11 is 6.25. The first kappa shape index (κ1) is 28.0. The Labute approximate surface area is 231 Å². The maximum Gasteiger partial charge on any atom is 0.355 e. The lowest BCUT2D eigenvalue weighted by Crippen LogP contribution is -2.54. The SMILES string of the molecule is C=CC(=O)N1CCN(c2nc(=O)n(-c3c(C)cccc3C)c(N=C(CCl)c3c(O)cccc3F)c2C)C(C)C1. The highest BCUT2D eigenvalue weighted by molar-refractivity contribution is 6.32.